The number of fused-ring (bicyclic) bond motifs is 1. The molecule has 0 fully saturated rings. The van der Waals surface area contributed by atoms with E-state index < -0.39 is 17.2 Å². The molecule has 0 aliphatic rings. The van der Waals surface area contributed by atoms with E-state index in [0.717, 1.165) is 23.3 Å². The first kappa shape index (κ1) is 25.3. The number of rotatable bonds is 9. The topological polar surface area (TPSA) is 60.2 Å². The Morgan fingerprint density at radius 1 is 0.974 bits per heavy atom. The van der Waals surface area contributed by atoms with Crippen molar-refractivity contribution in [3.05, 3.63) is 132 Å². The number of hydrogen-bond acceptors (Lipinski definition) is 4. The average Bonchev–Trinajstić information content (AvgIpc) is 3.43. The number of aliphatic hydroxyl groups is 1. The maximum atomic E-state index is 14.6. The summed E-state index contributed by atoms with van der Waals surface area (Å²) >= 11 is 0. The molecule has 0 aliphatic heterocycles. The molecule has 5 rings (SSSR count). The van der Waals surface area contributed by atoms with E-state index in [1.807, 2.05) is 36.4 Å². The van der Waals surface area contributed by atoms with Gasteiger partial charge in [-0.1, -0.05) is 73.7 Å². The zero-order chi connectivity index (χ0) is 26.5. The number of aromatic nitrogens is 3. The lowest BCUT2D eigenvalue weighted by atomic mass is 9.94. The van der Waals surface area contributed by atoms with Crippen LogP contribution in [0, 0.1) is 11.6 Å². The number of allylic oxidation sites excluding steroid dienone is 1. The third-order valence-electron chi connectivity index (χ3n) is 6.56. The van der Waals surface area contributed by atoms with Crippen molar-refractivity contribution in [3.8, 4) is 5.75 Å². The highest BCUT2D eigenvalue weighted by molar-refractivity contribution is 5.84. The van der Waals surface area contributed by atoms with Gasteiger partial charge < -0.3 is 9.84 Å². The fourth-order valence-electron chi connectivity index (χ4n) is 4.41. The predicted molar refractivity (Wildman–Crippen MR) is 144 cm³/mol. The first-order valence-electron chi connectivity index (χ1n) is 12.3. The van der Waals surface area contributed by atoms with Crippen molar-refractivity contribution in [2.75, 3.05) is 6.61 Å². The summed E-state index contributed by atoms with van der Waals surface area (Å²) in [5, 5.41) is 17.8. The second-order valence-corrected chi connectivity index (χ2v) is 9.36. The van der Waals surface area contributed by atoms with Gasteiger partial charge in [-0.05, 0) is 52.1 Å². The predicted octanol–water partition coefficient (Wildman–Crippen LogP) is 6.49. The van der Waals surface area contributed by atoms with Crippen LogP contribution in [0.5, 0.6) is 5.75 Å². The summed E-state index contributed by atoms with van der Waals surface area (Å²) in [5.74, 6) is -0.916. The minimum atomic E-state index is -1.81. The van der Waals surface area contributed by atoms with Crippen LogP contribution >= 0.6 is 0 Å². The van der Waals surface area contributed by atoms with Gasteiger partial charge in [-0.25, -0.2) is 18.4 Å². The summed E-state index contributed by atoms with van der Waals surface area (Å²) in [7, 11) is 0. The number of halogens is 2. The molecule has 1 N–H and O–H groups in total. The normalized spacial score (nSPS) is 14.0. The van der Waals surface area contributed by atoms with E-state index in [9.17, 15) is 13.9 Å². The molecule has 0 radical (unpaired) electrons. The van der Waals surface area contributed by atoms with Crippen LogP contribution in [-0.4, -0.2) is 26.5 Å². The number of benzene rings is 4. The molecule has 0 amide bonds. The van der Waals surface area contributed by atoms with Crippen LogP contribution < -0.4 is 4.74 Å². The summed E-state index contributed by atoms with van der Waals surface area (Å²) in [4.78, 5) is 3.87. The summed E-state index contributed by atoms with van der Waals surface area (Å²) in [5.41, 5.74) is 0.338. The Morgan fingerprint density at radius 3 is 2.50 bits per heavy atom. The van der Waals surface area contributed by atoms with Gasteiger partial charge in [0.1, 0.15) is 42.2 Å². The molecule has 5 aromatic rings. The molecular weight excluding hydrogens is 484 g/mol. The van der Waals surface area contributed by atoms with E-state index in [1.54, 1.807) is 0 Å². The Morgan fingerprint density at radius 2 is 1.76 bits per heavy atom. The van der Waals surface area contributed by atoms with E-state index in [0.29, 0.717) is 5.75 Å². The summed E-state index contributed by atoms with van der Waals surface area (Å²) < 4.78 is 35.4. The minimum Gasteiger partial charge on any atom is -0.490 e. The Hall–Kier alpha value is -4.36. The average molecular weight is 512 g/mol. The highest BCUT2D eigenvalue weighted by Crippen LogP contribution is 2.29. The van der Waals surface area contributed by atoms with Crippen molar-refractivity contribution in [1.29, 1.82) is 0 Å². The summed E-state index contributed by atoms with van der Waals surface area (Å²) in [6, 6.07) is 25.3. The maximum absolute atomic E-state index is 14.6. The molecule has 0 saturated carbocycles. The molecule has 2 atom stereocenters. The van der Waals surface area contributed by atoms with E-state index >= 15 is 0 Å². The second kappa shape index (κ2) is 10.9. The summed E-state index contributed by atoms with van der Waals surface area (Å²) in [6.45, 7) is 1.72. The molecule has 38 heavy (non-hydrogen) atoms. The monoisotopic (exact) mass is 511 g/mol. The fraction of sp³-hybridized carbons (Fsp3) is 0.161. The van der Waals surface area contributed by atoms with E-state index in [4.69, 9.17) is 4.74 Å². The molecule has 0 spiro atoms. The van der Waals surface area contributed by atoms with Crippen molar-refractivity contribution in [3.63, 3.8) is 0 Å². The van der Waals surface area contributed by atoms with Gasteiger partial charge >= 0.3 is 0 Å². The van der Waals surface area contributed by atoms with Gasteiger partial charge in [0.2, 0.25) is 0 Å². The van der Waals surface area contributed by atoms with Crippen LogP contribution in [0.2, 0.25) is 0 Å². The molecule has 1 heterocycles. The first-order valence-corrected chi connectivity index (χ1v) is 12.3. The van der Waals surface area contributed by atoms with Crippen LogP contribution in [0.3, 0.4) is 0 Å². The SMILES string of the molecule is CC(/C=C/c1ccc2ccccc2c1)c1ccc(OCC(O)(Cn2cncn2)c2ccc(F)cc2F)cc1. The first-order chi connectivity index (χ1) is 18.4. The Kier molecular flexibility index (Phi) is 7.29. The van der Waals surface area contributed by atoms with Gasteiger partial charge in [0.05, 0.1) is 6.54 Å². The van der Waals surface area contributed by atoms with Gasteiger partial charge in [-0.2, -0.15) is 5.10 Å². The van der Waals surface area contributed by atoms with Crippen LogP contribution in [0.25, 0.3) is 16.8 Å². The van der Waals surface area contributed by atoms with Crippen molar-refractivity contribution in [2.24, 2.45) is 0 Å². The third kappa shape index (κ3) is 5.79. The lowest BCUT2D eigenvalue weighted by Crippen LogP contribution is -2.39. The lowest BCUT2D eigenvalue weighted by Gasteiger charge is -2.29. The fourth-order valence-corrected chi connectivity index (χ4v) is 4.41. The Balaban J connectivity index is 1.28. The molecule has 2 unspecified atom stereocenters. The molecule has 0 bridgehead atoms. The lowest BCUT2D eigenvalue weighted by molar-refractivity contribution is -0.0297. The van der Waals surface area contributed by atoms with Crippen LogP contribution in [0.4, 0.5) is 8.78 Å². The van der Waals surface area contributed by atoms with E-state index in [1.165, 1.54) is 34.2 Å². The summed E-state index contributed by atoms with van der Waals surface area (Å²) in [6.07, 6.45) is 6.99. The molecule has 1 aromatic heterocycles. The Labute approximate surface area is 219 Å². The highest BCUT2D eigenvalue weighted by Gasteiger charge is 2.34. The van der Waals surface area contributed by atoms with Gasteiger partial charge in [0.15, 0.2) is 0 Å². The van der Waals surface area contributed by atoms with Crippen molar-refractivity contribution in [1.82, 2.24) is 14.8 Å². The van der Waals surface area contributed by atoms with Crippen LogP contribution in [-0.2, 0) is 12.1 Å². The number of nitrogens with zero attached hydrogens (tertiary/aromatic N) is 3. The molecule has 192 valence electrons. The molecule has 5 nitrogen and oxygen atoms in total. The number of hydrogen-bond donors (Lipinski definition) is 1. The Bertz CT molecular complexity index is 1550. The molecule has 7 heteroatoms. The smallest absolute Gasteiger partial charge is 0.146 e. The van der Waals surface area contributed by atoms with Crippen LogP contribution in [0.1, 0.15) is 29.5 Å². The second-order valence-electron chi connectivity index (χ2n) is 9.36. The molecule has 0 aliphatic carbocycles. The quantitative estimate of drug-likeness (QED) is 0.246. The van der Waals surface area contributed by atoms with Gasteiger partial charge in [-0.3, -0.25) is 0 Å². The largest absolute Gasteiger partial charge is 0.490 e. The van der Waals surface area contributed by atoms with Gasteiger partial charge in [-0.15, -0.1) is 0 Å². The standard InChI is InChI=1S/C31H27F2N3O2/c1-22(6-7-23-8-9-25-4-2-3-5-26(25)16-23)24-10-13-28(14-11-24)38-19-31(37,18-36-21-34-20-35-36)29-15-12-27(32)17-30(29)33/h2-17,20-22,37H,18-19H2,1H3/b7-6+. The minimum absolute atomic E-state index is 0.0847. The van der Waals surface area contributed by atoms with Crippen molar-refractivity contribution >= 4 is 16.8 Å². The molecule has 4 aromatic carbocycles. The van der Waals surface area contributed by atoms with E-state index in [2.05, 4.69) is 59.5 Å². The van der Waals surface area contributed by atoms with E-state index in [-0.39, 0.29) is 24.6 Å². The molecular formula is C31H27F2N3O2. The third-order valence-corrected chi connectivity index (χ3v) is 6.56. The van der Waals surface area contributed by atoms with Crippen molar-refractivity contribution < 1.29 is 18.6 Å². The van der Waals surface area contributed by atoms with Crippen molar-refractivity contribution in [2.45, 2.75) is 25.0 Å². The zero-order valence-corrected chi connectivity index (χ0v) is 20.8. The zero-order valence-electron chi connectivity index (χ0n) is 20.8. The van der Waals surface area contributed by atoms with Gasteiger partial charge in [0.25, 0.3) is 0 Å². The molecule has 0 saturated heterocycles. The van der Waals surface area contributed by atoms with Gasteiger partial charge in [0, 0.05) is 11.6 Å². The maximum Gasteiger partial charge on any atom is 0.146 e. The highest BCUT2D eigenvalue weighted by atomic mass is 19.1. The number of ether oxygens (including phenoxy) is 1. The van der Waals surface area contributed by atoms with Crippen LogP contribution in [0.15, 0.2) is 104 Å².